The molecule has 0 amide bonds. The zero-order valence-corrected chi connectivity index (χ0v) is 13.7. The third-order valence-corrected chi connectivity index (χ3v) is 3.90. The Morgan fingerprint density at radius 2 is 2.20 bits per heavy atom. The predicted octanol–water partition coefficient (Wildman–Crippen LogP) is 3.34. The van der Waals surface area contributed by atoms with Crippen LogP contribution in [0.25, 0.3) is 0 Å². The molecule has 2 rings (SSSR count). The molecule has 2 aromatic rings. The number of nitrogens with one attached hydrogen (secondary N) is 1. The van der Waals surface area contributed by atoms with Gasteiger partial charge in [0, 0.05) is 23.8 Å². The molecule has 1 aromatic heterocycles. The standard InChI is InChI=1S/C16H22BrN3/c1-3-18-16(8-7-14-11-19-20(2)12-14)10-13-5-4-6-15(17)9-13/h4-6,9,11-12,16,18H,3,7-8,10H2,1-2H3. The maximum absolute atomic E-state index is 4.23. The summed E-state index contributed by atoms with van der Waals surface area (Å²) in [4.78, 5) is 0. The van der Waals surface area contributed by atoms with Crippen LogP contribution >= 0.6 is 15.9 Å². The van der Waals surface area contributed by atoms with E-state index in [1.54, 1.807) is 0 Å². The van der Waals surface area contributed by atoms with Crippen LogP contribution in [0, 0.1) is 0 Å². The lowest BCUT2D eigenvalue weighted by atomic mass is 10.00. The Labute approximate surface area is 129 Å². The lowest BCUT2D eigenvalue weighted by molar-refractivity contribution is 0.491. The maximum atomic E-state index is 4.23. The molecule has 1 aromatic carbocycles. The summed E-state index contributed by atoms with van der Waals surface area (Å²) in [5, 5.41) is 7.81. The van der Waals surface area contributed by atoms with E-state index in [-0.39, 0.29) is 0 Å². The number of likely N-dealkylation sites (N-methyl/N-ethyl adjacent to an activating group) is 1. The highest BCUT2D eigenvalue weighted by molar-refractivity contribution is 9.10. The van der Waals surface area contributed by atoms with E-state index in [9.17, 15) is 0 Å². The number of nitrogens with zero attached hydrogens (tertiary/aromatic N) is 2. The van der Waals surface area contributed by atoms with Gasteiger partial charge < -0.3 is 5.32 Å². The van der Waals surface area contributed by atoms with Crippen molar-refractivity contribution in [2.24, 2.45) is 7.05 Å². The molecule has 0 radical (unpaired) electrons. The quantitative estimate of drug-likeness (QED) is 0.840. The summed E-state index contributed by atoms with van der Waals surface area (Å²) in [7, 11) is 1.97. The SMILES string of the molecule is CCNC(CCc1cnn(C)c1)Cc1cccc(Br)c1. The minimum absolute atomic E-state index is 0.509. The molecular formula is C16H22BrN3. The van der Waals surface area contributed by atoms with Gasteiger partial charge in [-0.05, 0) is 49.1 Å². The highest BCUT2D eigenvalue weighted by Crippen LogP contribution is 2.15. The van der Waals surface area contributed by atoms with Crippen molar-refractivity contribution >= 4 is 15.9 Å². The predicted molar refractivity (Wildman–Crippen MR) is 86.8 cm³/mol. The van der Waals surface area contributed by atoms with Gasteiger partial charge in [-0.2, -0.15) is 5.10 Å². The van der Waals surface area contributed by atoms with E-state index in [4.69, 9.17) is 0 Å². The smallest absolute Gasteiger partial charge is 0.0521 e. The molecule has 0 saturated carbocycles. The Kier molecular flexibility index (Phi) is 5.80. The normalized spacial score (nSPS) is 12.6. The molecule has 1 heterocycles. The third-order valence-electron chi connectivity index (χ3n) is 3.40. The van der Waals surface area contributed by atoms with Gasteiger partial charge in [-0.15, -0.1) is 0 Å². The number of halogens is 1. The minimum Gasteiger partial charge on any atom is -0.314 e. The van der Waals surface area contributed by atoms with Crippen molar-refractivity contribution in [2.75, 3.05) is 6.54 Å². The summed E-state index contributed by atoms with van der Waals surface area (Å²) in [6.07, 6.45) is 7.32. The lowest BCUT2D eigenvalue weighted by Crippen LogP contribution is -2.31. The number of benzene rings is 1. The minimum atomic E-state index is 0.509. The Balaban J connectivity index is 1.92. The van der Waals surface area contributed by atoms with Gasteiger partial charge >= 0.3 is 0 Å². The van der Waals surface area contributed by atoms with E-state index in [1.165, 1.54) is 11.1 Å². The van der Waals surface area contributed by atoms with Crippen molar-refractivity contribution in [1.82, 2.24) is 15.1 Å². The average Bonchev–Trinajstić information content (AvgIpc) is 2.82. The molecule has 1 N–H and O–H groups in total. The van der Waals surface area contributed by atoms with Crippen molar-refractivity contribution in [3.63, 3.8) is 0 Å². The van der Waals surface area contributed by atoms with Crippen molar-refractivity contribution in [3.8, 4) is 0 Å². The molecule has 1 unspecified atom stereocenters. The fraction of sp³-hybridized carbons (Fsp3) is 0.438. The van der Waals surface area contributed by atoms with Crippen LogP contribution < -0.4 is 5.32 Å². The molecule has 0 saturated heterocycles. The van der Waals surface area contributed by atoms with Gasteiger partial charge in [0.25, 0.3) is 0 Å². The van der Waals surface area contributed by atoms with Crippen molar-refractivity contribution in [1.29, 1.82) is 0 Å². The highest BCUT2D eigenvalue weighted by Gasteiger charge is 2.09. The van der Waals surface area contributed by atoms with E-state index in [0.717, 1.165) is 30.3 Å². The fourth-order valence-corrected chi connectivity index (χ4v) is 2.90. The van der Waals surface area contributed by atoms with Crippen LogP contribution in [0.4, 0.5) is 0 Å². The van der Waals surface area contributed by atoms with Crippen LogP contribution in [-0.4, -0.2) is 22.4 Å². The van der Waals surface area contributed by atoms with E-state index < -0.39 is 0 Å². The second kappa shape index (κ2) is 7.60. The topological polar surface area (TPSA) is 29.9 Å². The molecular weight excluding hydrogens is 314 g/mol. The van der Waals surface area contributed by atoms with Gasteiger partial charge in [0.05, 0.1) is 6.20 Å². The molecule has 0 aliphatic rings. The van der Waals surface area contributed by atoms with Crippen molar-refractivity contribution in [3.05, 3.63) is 52.3 Å². The number of aromatic nitrogens is 2. The zero-order chi connectivity index (χ0) is 14.4. The van der Waals surface area contributed by atoms with E-state index in [2.05, 4.69) is 63.7 Å². The zero-order valence-electron chi connectivity index (χ0n) is 12.1. The van der Waals surface area contributed by atoms with Crippen LogP contribution in [0.5, 0.6) is 0 Å². The van der Waals surface area contributed by atoms with E-state index >= 15 is 0 Å². The Hall–Kier alpha value is -1.13. The molecule has 0 fully saturated rings. The molecule has 0 bridgehead atoms. The number of hydrogen-bond donors (Lipinski definition) is 1. The van der Waals surface area contributed by atoms with Crippen molar-refractivity contribution < 1.29 is 0 Å². The first-order chi connectivity index (χ1) is 9.67. The first-order valence-corrected chi connectivity index (χ1v) is 7.92. The van der Waals surface area contributed by atoms with Gasteiger partial charge in [-0.25, -0.2) is 0 Å². The summed E-state index contributed by atoms with van der Waals surface area (Å²) in [5.41, 5.74) is 2.68. The Bertz CT molecular complexity index is 536. The van der Waals surface area contributed by atoms with Crippen LogP contribution in [0.15, 0.2) is 41.1 Å². The number of aryl methyl sites for hydroxylation is 2. The van der Waals surface area contributed by atoms with Crippen LogP contribution in [-0.2, 0) is 19.9 Å². The molecule has 0 aliphatic carbocycles. The molecule has 3 nitrogen and oxygen atoms in total. The molecule has 1 atom stereocenters. The first-order valence-electron chi connectivity index (χ1n) is 7.12. The summed E-state index contributed by atoms with van der Waals surface area (Å²) < 4.78 is 3.02. The van der Waals surface area contributed by atoms with Crippen LogP contribution in [0.3, 0.4) is 0 Å². The van der Waals surface area contributed by atoms with Gasteiger partial charge in [0.15, 0.2) is 0 Å². The summed E-state index contributed by atoms with van der Waals surface area (Å²) in [6, 6.07) is 9.08. The lowest BCUT2D eigenvalue weighted by Gasteiger charge is -2.17. The maximum Gasteiger partial charge on any atom is 0.0521 e. The molecule has 0 spiro atoms. The van der Waals surface area contributed by atoms with Crippen LogP contribution in [0.1, 0.15) is 24.5 Å². The molecule has 4 heteroatoms. The van der Waals surface area contributed by atoms with Gasteiger partial charge in [-0.1, -0.05) is 35.0 Å². The molecule has 20 heavy (non-hydrogen) atoms. The van der Waals surface area contributed by atoms with Gasteiger partial charge in [-0.3, -0.25) is 4.68 Å². The van der Waals surface area contributed by atoms with E-state index in [1.807, 2.05) is 17.9 Å². The Morgan fingerprint density at radius 1 is 1.35 bits per heavy atom. The fourth-order valence-electron chi connectivity index (χ4n) is 2.46. The number of hydrogen-bond acceptors (Lipinski definition) is 2. The largest absolute Gasteiger partial charge is 0.314 e. The second-order valence-corrected chi connectivity index (χ2v) is 6.07. The summed E-state index contributed by atoms with van der Waals surface area (Å²) in [6.45, 7) is 3.17. The molecule has 0 aliphatic heterocycles. The molecule has 108 valence electrons. The van der Waals surface area contributed by atoms with Crippen LogP contribution in [0.2, 0.25) is 0 Å². The number of rotatable bonds is 7. The van der Waals surface area contributed by atoms with Gasteiger partial charge in [0.2, 0.25) is 0 Å². The Morgan fingerprint density at radius 3 is 2.85 bits per heavy atom. The van der Waals surface area contributed by atoms with Gasteiger partial charge in [0.1, 0.15) is 0 Å². The highest BCUT2D eigenvalue weighted by atomic mass is 79.9. The van der Waals surface area contributed by atoms with Crippen molar-refractivity contribution in [2.45, 2.75) is 32.2 Å². The average molecular weight is 336 g/mol. The second-order valence-electron chi connectivity index (χ2n) is 5.15. The first kappa shape index (κ1) is 15.3. The van der Waals surface area contributed by atoms with E-state index in [0.29, 0.717) is 6.04 Å². The monoisotopic (exact) mass is 335 g/mol. The summed E-state index contributed by atoms with van der Waals surface area (Å²) in [5.74, 6) is 0. The summed E-state index contributed by atoms with van der Waals surface area (Å²) >= 11 is 3.54. The third kappa shape index (κ3) is 4.76.